The number of non-ortho nitro benzene ring substituents is 1. The zero-order chi connectivity index (χ0) is 14.5. The van der Waals surface area contributed by atoms with E-state index in [0.29, 0.717) is 5.69 Å². The third-order valence-corrected chi connectivity index (χ3v) is 3.42. The number of carbonyl (C=O) groups is 1. The van der Waals surface area contributed by atoms with Crippen molar-refractivity contribution in [3.8, 4) is 0 Å². The molecule has 0 aliphatic heterocycles. The fourth-order valence-electron chi connectivity index (χ4n) is 2.31. The Kier molecular flexibility index (Phi) is 4.52. The highest BCUT2D eigenvalue weighted by molar-refractivity contribution is 5.89. The van der Waals surface area contributed by atoms with Crippen LogP contribution in [0.3, 0.4) is 0 Å². The molecular formula is C13H18N4O3. The highest BCUT2D eigenvalue weighted by Crippen LogP contribution is 2.18. The average molecular weight is 278 g/mol. The third kappa shape index (κ3) is 3.92. The number of nitrogens with two attached hydrogens (primary N) is 1. The van der Waals surface area contributed by atoms with Crippen molar-refractivity contribution in [3.05, 3.63) is 34.4 Å². The van der Waals surface area contributed by atoms with Crippen LogP contribution in [0.15, 0.2) is 24.3 Å². The van der Waals surface area contributed by atoms with Gasteiger partial charge in [0.2, 0.25) is 0 Å². The molecule has 7 nitrogen and oxygen atoms in total. The fraction of sp³-hybridized carbons (Fsp3) is 0.462. The fourth-order valence-corrected chi connectivity index (χ4v) is 2.31. The highest BCUT2D eigenvalue weighted by atomic mass is 16.6. The summed E-state index contributed by atoms with van der Waals surface area (Å²) in [5.41, 5.74) is 6.16. The lowest BCUT2D eigenvalue weighted by atomic mass is 9.92. The minimum absolute atomic E-state index is 0.0496. The van der Waals surface area contributed by atoms with Crippen molar-refractivity contribution in [2.24, 2.45) is 5.73 Å². The zero-order valence-corrected chi connectivity index (χ0v) is 11.0. The maximum atomic E-state index is 11.8. The normalized spacial score (nSPS) is 22.1. The lowest BCUT2D eigenvalue weighted by Gasteiger charge is -2.26. The summed E-state index contributed by atoms with van der Waals surface area (Å²) >= 11 is 0. The third-order valence-electron chi connectivity index (χ3n) is 3.42. The number of amides is 2. The van der Waals surface area contributed by atoms with Gasteiger partial charge in [-0.3, -0.25) is 10.1 Å². The van der Waals surface area contributed by atoms with E-state index in [2.05, 4.69) is 10.6 Å². The number of nitro benzene ring substituents is 1. The topological polar surface area (TPSA) is 110 Å². The first-order valence-electron chi connectivity index (χ1n) is 6.62. The summed E-state index contributed by atoms with van der Waals surface area (Å²) in [5.74, 6) is 0. The van der Waals surface area contributed by atoms with E-state index >= 15 is 0 Å². The van der Waals surface area contributed by atoms with E-state index < -0.39 is 4.92 Å². The minimum atomic E-state index is -0.494. The van der Waals surface area contributed by atoms with E-state index in [4.69, 9.17) is 5.73 Å². The molecule has 1 saturated carbocycles. The molecule has 1 aromatic carbocycles. The minimum Gasteiger partial charge on any atom is -0.335 e. The first-order chi connectivity index (χ1) is 9.54. The lowest BCUT2D eigenvalue weighted by Crippen LogP contribution is -2.42. The number of rotatable bonds is 3. The summed E-state index contributed by atoms with van der Waals surface area (Å²) in [5, 5.41) is 16.1. The van der Waals surface area contributed by atoms with Gasteiger partial charge in [0.05, 0.1) is 4.92 Å². The average Bonchev–Trinajstić information content (AvgIpc) is 2.41. The van der Waals surface area contributed by atoms with Gasteiger partial charge >= 0.3 is 6.03 Å². The van der Waals surface area contributed by atoms with Gasteiger partial charge in [-0.1, -0.05) is 6.07 Å². The molecule has 4 N–H and O–H groups in total. The molecule has 0 aromatic heterocycles. The van der Waals surface area contributed by atoms with Gasteiger partial charge in [0.15, 0.2) is 0 Å². The molecule has 0 radical (unpaired) electrons. The van der Waals surface area contributed by atoms with Crippen LogP contribution in [0.5, 0.6) is 0 Å². The molecule has 1 aromatic rings. The summed E-state index contributed by atoms with van der Waals surface area (Å²) in [7, 11) is 0. The smallest absolute Gasteiger partial charge is 0.319 e. The monoisotopic (exact) mass is 278 g/mol. The van der Waals surface area contributed by atoms with Crippen LogP contribution in [0.4, 0.5) is 16.2 Å². The predicted molar refractivity (Wildman–Crippen MR) is 75.5 cm³/mol. The molecule has 1 aliphatic rings. The van der Waals surface area contributed by atoms with Crippen molar-refractivity contribution in [2.75, 3.05) is 5.32 Å². The SMILES string of the molecule is NC1CCC(NC(=O)Nc2cccc([N+](=O)[O-])c2)CC1. The molecule has 20 heavy (non-hydrogen) atoms. The van der Waals surface area contributed by atoms with E-state index in [0.717, 1.165) is 25.7 Å². The van der Waals surface area contributed by atoms with Gasteiger partial charge in [-0.2, -0.15) is 0 Å². The molecule has 0 spiro atoms. The summed E-state index contributed by atoms with van der Waals surface area (Å²) in [6.07, 6.45) is 3.54. The number of urea groups is 1. The van der Waals surface area contributed by atoms with Crippen molar-refractivity contribution >= 4 is 17.4 Å². The van der Waals surface area contributed by atoms with E-state index in [9.17, 15) is 14.9 Å². The molecule has 0 unspecified atom stereocenters. The number of benzene rings is 1. The summed E-state index contributed by atoms with van der Waals surface area (Å²) in [6.45, 7) is 0. The van der Waals surface area contributed by atoms with Crippen LogP contribution in [0, 0.1) is 10.1 Å². The van der Waals surface area contributed by atoms with Crippen molar-refractivity contribution in [1.82, 2.24) is 5.32 Å². The number of nitro groups is 1. The Labute approximate surface area is 116 Å². The molecular weight excluding hydrogens is 260 g/mol. The van der Waals surface area contributed by atoms with Gasteiger partial charge in [-0.15, -0.1) is 0 Å². The van der Waals surface area contributed by atoms with Crippen LogP contribution >= 0.6 is 0 Å². The van der Waals surface area contributed by atoms with Gasteiger partial charge in [0.25, 0.3) is 5.69 Å². The number of nitrogens with zero attached hydrogens (tertiary/aromatic N) is 1. The van der Waals surface area contributed by atoms with Crippen LogP contribution in [0.1, 0.15) is 25.7 Å². The molecule has 0 bridgehead atoms. The Morgan fingerprint density at radius 1 is 1.30 bits per heavy atom. The van der Waals surface area contributed by atoms with Crippen LogP contribution in [-0.4, -0.2) is 23.0 Å². The van der Waals surface area contributed by atoms with E-state index in [1.807, 2.05) is 0 Å². The number of hydrogen-bond donors (Lipinski definition) is 3. The summed E-state index contributed by atoms with van der Waals surface area (Å²) < 4.78 is 0. The molecule has 2 amide bonds. The Hall–Kier alpha value is -2.15. The van der Waals surface area contributed by atoms with Crippen LogP contribution < -0.4 is 16.4 Å². The number of carbonyl (C=O) groups excluding carboxylic acids is 1. The van der Waals surface area contributed by atoms with E-state index in [1.54, 1.807) is 6.07 Å². The standard InChI is InChI=1S/C13H18N4O3/c14-9-4-6-10(7-5-9)15-13(18)16-11-2-1-3-12(8-11)17(19)20/h1-3,8-10H,4-7,14H2,(H2,15,16,18). The van der Waals surface area contributed by atoms with Gasteiger partial charge in [-0.05, 0) is 31.7 Å². The van der Waals surface area contributed by atoms with Crippen molar-refractivity contribution in [2.45, 2.75) is 37.8 Å². The maximum absolute atomic E-state index is 11.8. The van der Waals surface area contributed by atoms with Crippen molar-refractivity contribution in [3.63, 3.8) is 0 Å². The second-order valence-electron chi connectivity index (χ2n) is 5.02. The highest BCUT2D eigenvalue weighted by Gasteiger charge is 2.20. The van der Waals surface area contributed by atoms with Crippen molar-refractivity contribution < 1.29 is 9.72 Å². The van der Waals surface area contributed by atoms with Gasteiger partial charge in [0.1, 0.15) is 0 Å². The molecule has 7 heteroatoms. The van der Waals surface area contributed by atoms with Crippen LogP contribution in [0.25, 0.3) is 0 Å². The summed E-state index contributed by atoms with van der Waals surface area (Å²) in [4.78, 5) is 22.0. The molecule has 0 atom stereocenters. The number of hydrogen-bond acceptors (Lipinski definition) is 4. The van der Waals surface area contributed by atoms with E-state index in [1.165, 1.54) is 18.2 Å². The Bertz CT molecular complexity index is 498. The molecule has 0 saturated heterocycles. The number of anilines is 1. The maximum Gasteiger partial charge on any atom is 0.319 e. The van der Waals surface area contributed by atoms with Gasteiger partial charge in [-0.25, -0.2) is 4.79 Å². The van der Waals surface area contributed by atoms with Gasteiger partial charge < -0.3 is 16.4 Å². The predicted octanol–water partition coefficient (Wildman–Crippen LogP) is 1.99. The van der Waals surface area contributed by atoms with Crippen LogP contribution in [-0.2, 0) is 0 Å². The number of nitrogens with one attached hydrogen (secondary N) is 2. The Morgan fingerprint density at radius 2 is 2.00 bits per heavy atom. The molecule has 1 aliphatic carbocycles. The second kappa shape index (κ2) is 6.33. The molecule has 1 fully saturated rings. The molecule has 108 valence electrons. The summed E-state index contributed by atoms with van der Waals surface area (Å²) in [6, 6.07) is 5.87. The Morgan fingerprint density at radius 3 is 2.65 bits per heavy atom. The van der Waals surface area contributed by atoms with Crippen molar-refractivity contribution in [1.29, 1.82) is 0 Å². The first kappa shape index (κ1) is 14.3. The largest absolute Gasteiger partial charge is 0.335 e. The van der Waals surface area contributed by atoms with Gasteiger partial charge in [0, 0.05) is 29.9 Å². The van der Waals surface area contributed by atoms with E-state index in [-0.39, 0.29) is 23.8 Å². The quantitative estimate of drug-likeness (QED) is 0.580. The lowest BCUT2D eigenvalue weighted by molar-refractivity contribution is -0.384. The second-order valence-corrected chi connectivity index (χ2v) is 5.02. The first-order valence-corrected chi connectivity index (χ1v) is 6.62. The van der Waals surface area contributed by atoms with Crippen LogP contribution in [0.2, 0.25) is 0 Å². The zero-order valence-electron chi connectivity index (χ0n) is 11.0. The molecule has 2 rings (SSSR count). The Balaban J connectivity index is 1.88. The molecule has 0 heterocycles.